The average molecular weight is 412 g/mol. The highest BCUT2D eigenvalue weighted by atomic mass is 35.5. The Morgan fingerprint density at radius 3 is 2.73 bits per heavy atom. The molecule has 0 N–H and O–H groups in total. The Morgan fingerprint density at radius 2 is 2.04 bits per heavy atom. The molecule has 8 heteroatoms. The van der Waals surface area contributed by atoms with Crippen LogP contribution in [-0.4, -0.2) is 41.8 Å². The van der Waals surface area contributed by atoms with Crippen molar-refractivity contribution in [3.8, 4) is 0 Å². The van der Waals surface area contributed by atoms with Crippen molar-refractivity contribution in [3.63, 3.8) is 0 Å². The van der Waals surface area contributed by atoms with Crippen LogP contribution < -0.4 is 0 Å². The second-order valence-corrected chi connectivity index (χ2v) is 7.58. The molecule has 1 unspecified atom stereocenters. The topological polar surface area (TPSA) is 63.7 Å². The summed E-state index contributed by atoms with van der Waals surface area (Å²) in [5, 5.41) is 2.43. The van der Waals surface area contributed by atoms with Gasteiger partial charge in [-0.05, 0) is 42.5 Å². The second-order valence-electron chi connectivity index (χ2n) is 5.79. The van der Waals surface area contributed by atoms with Crippen molar-refractivity contribution in [3.05, 3.63) is 56.2 Å². The molecule has 2 heterocycles. The molecule has 1 atom stereocenters. The van der Waals surface area contributed by atoms with Gasteiger partial charge in [0, 0.05) is 17.1 Å². The first-order chi connectivity index (χ1) is 12.5. The van der Waals surface area contributed by atoms with Crippen LogP contribution in [-0.2, 0) is 9.53 Å². The number of Topliss-reactive ketones (excluding diaryl/α,β-unsaturated/α-hetero) is 1. The number of carbonyl (C=O) groups is 3. The highest BCUT2D eigenvalue weighted by molar-refractivity contribution is 7.12. The lowest BCUT2D eigenvalue weighted by Crippen LogP contribution is -2.41. The lowest BCUT2D eigenvalue weighted by Gasteiger charge is -2.22. The van der Waals surface area contributed by atoms with Gasteiger partial charge in [0.2, 0.25) is 5.78 Å². The third-order valence-electron chi connectivity index (χ3n) is 4.09. The molecule has 1 amide bonds. The molecule has 0 radical (unpaired) electrons. The van der Waals surface area contributed by atoms with Crippen molar-refractivity contribution in [2.45, 2.75) is 18.9 Å². The van der Waals surface area contributed by atoms with Gasteiger partial charge in [-0.25, -0.2) is 4.79 Å². The first-order valence-electron chi connectivity index (χ1n) is 7.96. The molecule has 0 bridgehead atoms. The van der Waals surface area contributed by atoms with Crippen LogP contribution in [0.25, 0.3) is 0 Å². The number of carbonyl (C=O) groups excluding carboxylic acids is 3. The van der Waals surface area contributed by atoms with Gasteiger partial charge in [0.15, 0.2) is 6.61 Å². The number of halogens is 2. The average Bonchev–Trinajstić information content (AvgIpc) is 3.30. The molecular weight excluding hydrogens is 397 g/mol. The maximum atomic E-state index is 12.5. The Kier molecular flexibility index (Phi) is 5.96. The van der Waals surface area contributed by atoms with E-state index in [2.05, 4.69) is 0 Å². The summed E-state index contributed by atoms with van der Waals surface area (Å²) in [4.78, 5) is 39.2. The first-order valence-corrected chi connectivity index (χ1v) is 9.60. The van der Waals surface area contributed by atoms with Gasteiger partial charge in [0.1, 0.15) is 6.04 Å². The third kappa shape index (κ3) is 4.09. The summed E-state index contributed by atoms with van der Waals surface area (Å²) < 4.78 is 5.15. The van der Waals surface area contributed by atoms with Crippen LogP contribution in [0.4, 0.5) is 0 Å². The van der Waals surface area contributed by atoms with Gasteiger partial charge in [0.05, 0.1) is 9.90 Å². The van der Waals surface area contributed by atoms with Crippen molar-refractivity contribution >= 4 is 52.2 Å². The molecule has 5 nitrogen and oxygen atoms in total. The predicted octanol–water partition coefficient (Wildman–Crippen LogP) is 4.09. The summed E-state index contributed by atoms with van der Waals surface area (Å²) >= 11 is 13.1. The molecule has 1 saturated heterocycles. The van der Waals surface area contributed by atoms with Gasteiger partial charge in [0.25, 0.3) is 5.91 Å². The third-order valence-corrected chi connectivity index (χ3v) is 5.50. The lowest BCUT2D eigenvalue weighted by atomic mass is 10.1. The Bertz CT molecular complexity index is 838. The van der Waals surface area contributed by atoms with Crippen molar-refractivity contribution < 1.29 is 19.1 Å². The number of ketones is 1. The van der Waals surface area contributed by atoms with Gasteiger partial charge in [-0.2, -0.15) is 0 Å². The zero-order valence-electron chi connectivity index (χ0n) is 13.6. The summed E-state index contributed by atoms with van der Waals surface area (Å²) in [7, 11) is 0. The van der Waals surface area contributed by atoms with Gasteiger partial charge in [-0.1, -0.05) is 29.3 Å². The summed E-state index contributed by atoms with van der Waals surface area (Å²) in [6, 6.07) is 7.33. The number of thiophene rings is 1. The molecule has 0 aliphatic carbocycles. The Labute approximate surface area is 164 Å². The minimum absolute atomic E-state index is 0.188. The number of ether oxygens (including phenoxy) is 1. The molecular formula is C18H15Cl2NO4S. The van der Waals surface area contributed by atoms with E-state index in [1.54, 1.807) is 18.2 Å². The maximum absolute atomic E-state index is 12.5. The van der Waals surface area contributed by atoms with Crippen LogP contribution in [0.2, 0.25) is 10.0 Å². The molecule has 2 aromatic rings. The van der Waals surface area contributed by atoms with E-state index >= 15 is 0 Å². The van der Waals surface area contributed by atoms with E-state index in [1.165, 1.54) is 28.4 Å². The number of nitrogens with zero attached hydrogens (tertiary/aromatic N) is 1. The Hall–Kier alpha value is -1.89. The van der Waals surface area contributed by atoms with Gasteiger partial charge in [-0.15, -0.1) is 11.3 Å². The highest BCUT2D eigenvalue weighted by Crippen LogP contribution is 2.24. The quantitative estimate of drug-likeness (QED) is 0.548. The molecule has 26 heavy (non-hydrogen) atoms. The van der Waals surface area contributed by atoms with E-state index in [0.29, 0.717) is 29.3 Å². The molecule has 0 spiro atoms. The van der Waals surface area contributed by atoms with Crippen molar-refractivity contribution in [2.75, 3.05) is 13.2 Å². The smallest absolute Gasteiger partial charge is 0.329 e. The van der Waals surface area contributed by atoms with E-state index in [-0.39, 0.29) is 16.5 Å². The number of esters is 1. The highest BCUT2D eigenvalue weighted by Gasteiger charge is 2.36. The zero-order valence-corrected chi connectivity index (χ0v) is 15.9. The van der Waals surface area contributed by atoms with Gasteiger partial charge >= 0.3 is 5.97 Å². The SMILES string of the molecule is O=C(COC(=O)C1CCCN1C(=O)c1cccs1)c1ccc(Cl)cc1Cl. The number of rotatable bonds is 5. The summed E-state index contributed by atoms with van der Waals surface area (Å²) in [5.74, 6) is -1.19. The second kappa shape index (κ2) is 8.20. The van der Waals surface area contributed by atoms with E-state index in [1.807, 2.05) is 5.38 Å². The van der Waals surface area contributed by atoms with E-state index < -0.39 is 24.4 Å². The van der Waals surface area contributed by atoms with Crippen LogP contribution in [0.3, 0.4) is 0 Å². The molecule has 1 aliphatic heterocycles. The van der Waals surface area contributed by atoms with Crippen LogP contribution in [0.1, 0.15) is 32.9 Å². The van der Waals surface area contributed by atoms with Crippen LogP contribution in [0.15, 0.2) is 35.7 Å². The fourth-order valence-corrected chi connectivity index (χ4v) is 4.02. The van der Waals surface area contributed by atoms with Crippen molar-refractivity contribution in [1.82, 2.24) is 4.90 Å². The Morgan fingerprint density at radius 1 is 1.23 bits per heavy atom. The van der Waals surface area contributed by atoms with E-state index in [9.17, 15) is 14.4 Å². The normalized spacial score (nSPS) is 16.5. The standard InChI is InChI=1S/C18H15Cl2NO4S/c19-11-5-6-12(13(20)9-11)15(22)10-25-18(24)14-3-1-7-21(14)17(23)16-4-2-8-26-16/h2,4-6,8-9,14H,1,3,7,10H2. The number of hydrogen-bond donors (Lipinski definition) is 0. The fraction of sp³-hybridized carbons (Fsp3) is 0.278. The number of likely N-dealkylation sites (tertiary alicyclic amines) is 1. The first kappa shape index (κ1) is 18.9. The number of benzene rings is 1. The van der Waals surface area contributed by atoms with E-state index in [4.69, 9.17) is 27.9 Å². The minimum atomic E-state index is -0.668. The van der Waals surface area contributed by atoms with Gasteiger partial charge in [-0.3, -0.25) is 9.59 Å². The number of hydrogen-bond acceptors (Lipinski definition) is 5. The molecule has 1 fully saturated rings. The van der Waals surface area contributed by atoms with Crippen LogP contribution in [0, 0.1) is 0 Å². The number of amides is 1. The molecule has 1 aliphatic rings. The molecule has 1 aromatic carbocycles. The van der Waals surface area contributed by atoms with Crippen LogP contribution >= 0.6 is 34.5 Å². The zero-order chi connectivity index (χ0) is 18.7. The summed E-state index contributed by atoms with van der Waals surface area (Å²) in [6.45, 7) is 0.0607. The maximum Gasteiger partial charge on any atom is 0.329 e. The lowest BCUT2D eigenvalue weighted by molar-refractivity contribution is -0.147. The Balaban J connectivity index is 1.62. The minimum Gasteiger partial charge on any atom is -0.456 e. The van der Waals surface area contributed by atoms with Gasteiger partial charge < -0.3 is 9.64 Å². The predicted molar refractivity (Wildman–Crippen MR) is 100 cm³/mol. The summed E-state index contributed by atoms with van der Waals surface area (Å²) in [5.41, 5.74) is 0.238. The molecule has 0 saturated carbocycles. The van der Waals surface area contributed by atoms with Crippen molar-refractivity contribution in [2.24, 2.45) is 0 Å². The fourth-order valence-electron chi connectivity index (χ4n) is 2.82. The van der Waals surface area contributed by atoms with Crippen LogP contribution in [0.5, 0.6) is 0 Å². The monoisotopic (exact) mass is 411 g/mol. The van der Waals surface area contributed by atoms with Crippen molar-refractivity contribution in [1.29, 1.82) is 0 Å². The largest absolute Gasteiger partial charge is 0.456 e. The molecule has 136 valence electrons. The molecule has 3 rings (SSSR count). The summed E-state index contributed by atoms with van der Waals surface area (Å²) in [6.07, 6.45) is 1.24. The van der Waals surface area contributed by atoms with E-state index in [0.717, 1.165) is 0 Å². The molecule has 1 aromatic heterocycles.